The number of benzene rings is 1. The molecule has 2 bridgehead atoms. The maximum absolute atomic E-state index is 12.5. The highest BCUT2D eigenvalue weighted by molar-refractivity contribution is 5.86. The topological polar surface area (TPSA) is 94.1 Å². The standard InChI is InChI=1S/C18H23NO6/c1-23-11-4-3-10(9-14(11)24-2)7-8-19-17(20)15-12-5-6-13(25-12)16(15)18(21)22/h3-4,9,12-13,15-16H,5-8H2,1-2H3,(H,19,20)(H,21,22)/t12-,13-,15+,16-/m1/s1. The van der Waals surface area contributed by atoms with E-state index in [-0.39, 0.29) is 18.1 Å². The zero-order valence-electron chi connectivity index (χ0n) is 14.4. The van der Waals surface area contributed by atoms with Crippen LogP contribution >= 0.6 is 0 Å². The second kappa shape index (κ2) is 7.31. The van der Waals surface area contributed by atoms with Gasteiger partial charge in [0.15, 0.2) is 11.5 Å². The smallest absolute Gasteiger partial charge is 0.310 e. The normalized spacial score (nSPS) is 27.1. The van der Waals surface area contributed by atoms with Gasteiger partial charge in [-0.2, -0.15) is 0 Å². The third kappa shape index (κ3) is 3.42. The van der Waals surface area contributed by atoms with Gasteiger partial charge in [0.1, 0.15) is 0 Å². The van der Waals surface area contributed by atoms with Crippen molar-refractivity contribution in [2.75, 3.05) is 20.8 Å². The number of rotatable bonds is 7. The maximum atomic E-state index is 12.5. The van der Waals surface area contributed by atoms with Crippen LogP contribution in [0.15, 0.2) is 18.2 Å². The lowest BCUT2D eigenvalue weighted by Crippen LogP contribution is -2.44. The molecule has 1 amide bonds. The van der Waals surface area contributed by atoms with Crippen LogP contribution in [0.1, 0.15) is 18.4 Å². The lowest BCUT2D eigenvalue weighted by molar-refractivity contribution is -0.147. The third-order valence-corrected chi connectivity index (χ3v) is 5.02. The molecular weight excluding hydrogens is 326 g/mol. The largest absolute Gasteiger partial charge is 0.493 e. The first-order chi connectivity index (χ1) is 12.0. The quantitative estimate of drug-likeness (QED) is 0.769. The Kier molecular flexibility index (Phi) is 5.13. The zero-order chi connectivity index (χ0) is 18.0. The molecule has 2 fully saturated rings. The average Bonchev–Trinajstić information content (AvgIpc) is 3.22. The van der Waals surface area contributed by atoms with Gasteiger partial charge >= 0.3 is 5.97 Å². The lowest BCUT2D eigenvalue weighted by atomic mass is 9.78. The molecule has 2 saturated heterocycles. The summed E-state index contributed by atoms with van der Waals surface area (Å²) >= 11 is 0. The SMILES string of the molecule is COc1ccc(CCNC(=O)[C@@H]2[C@H](C(=O)O)[C@H]3CC[C@H]2O3)cc1OC. The summed E-state index contributed by atoms with van der Waals surface area (Å²) in [6.45, 7) is 0.425. The molecule has 0 spiro atoms. The van der Waals surface area contributed by atoms with Crippen LogP contribution in [0.2, 0.25) is 0 Å². The summed E-state index contributed by atoms with van der Waals surface area (Å²) < 4.78 is 16.1. The van der Waals surface area contributed by atoms with E-state index in [1.54, 1.807) is 14.2 Å². The predicted octanol–water partition coefficient (Wildman–Crippen LogP) is 1.24. The minimum Gasteiger partial charge on any atom is -0.493 e. The molecule has 0 aliphatic carbocycles. The van der Waals surface area contributed by atoms with Crippen LogP contribution < -0.4 is 14.8 Å². The fourth-order valence-electron chi connectivity index (χ4n) is 3.81. The summed E-state index contributed by atoms with van der Waals surface area (Å²) in [5, 5.41) is 12.2. The van der Waals surface area contributed by atoms with Crippen molar-refractivity contribution in [2.45, 2.75) is 31.5 Å². The number of hydrogen-bond acceptors (Lipinski definition) is 5. The fourth-order valence-corrected chi connectivity index (χ4v) is 3.81. The molecule has 0 aromatic heterocycles. The van der Waals surface area contributed by atoms with Crippen molar-refractivity contribution < 1.29 is 28.9 Å². The minimum atomic E-state index is -0.952. The number of nitrogens with one attached hydrogen (secondary N) is 1. The van der Waals surface area contributed by atoms with Crippen molar-refractivity contribution >= 4 is 11.9 Å². The van der Waals surface area contributed by atoms with E-state index >= 15 is 0 Å². The van der Waals surface area contributed by atoms with Crippen molar-refractivity contribution in [1.29, 1.82) is 0 Å². The van der Waals surface area contributed by atoms with Gasteiger partial charge in [0.25, 0.3) is 0 Å². The van der Waals surface area contributed by atoms with Crippen LogP contribution in [-0.2, 0) is 20.7 Å². The number of carbonyl (C=O) groups is 2. The lowest BCUT2D eigenvalue weighted by Gasteiger charge is -2.23. The summed E-state index contributed by atoms with van der Waals surface area (Å²) in [6.07, 6.45) is 1.49. The molecule has 3 rings (SSSR count). The van der Waals surface area contributed by atoms with Crippen LogP contribution in [0.3, 0.4) is 0 Å². The number of hydrogen-bond donors (Lipinski definition) is 2. The van der Waals surface area contributed by atoms with E-state index in [2.05, 4.69) is 5.32 Å². The van der Waals surface area contributed by atoms with Gasteiger partial charge in [-0.05, 0) is 37.0 Å². The molecular formula is C18H23NO6. The Morgan fingerprint density at radius 2 is 1.84 bits per heavy atom. The number of carbonyl (C=O) groups excluding carboxylic acids is 1. The molecule has 2 aliphatic rings. The Hall–Kier alpha value is -2.28. The van der Waals surface area contributed by atoms with Crippen LogP contribution in [0.25, 0.3) is 0 Å². The Labute approximate surface area is 146 Å². The van der Waals surface area contributed by atoms with Crippen molar-refractivity contribution in [3.63, 3.8) is 0 Å². The van der Waals surface area contributed by atoms with E-state index in [0.717, 1.165) is 18.4 Å². The maximum Gasteiger partial charge on any atom is 0.310 e. The van der Waals surface area contributed by atoms with Gasteiger partial charge < -0.3 is 24.6 Å². The zero-order valence-corrected chi connectivity index (χ0v) is 14.4. The number of carboxylic acid groups (broad SMARTS) is 1. The van der Waals surface area contributed by atoms with Crippen molar-refractivity contribution in [3.05, 3.63) is 23.8 Å². The molecule has 1 aromatic rings. The predicted molar refractivity (Wildman–Crippen MR) is 88.8 cm³/mol. The number of methoxy groups -OCH3 is 2. The van der Waals surface area contributed by atoms with Gasteiger partial charge in [-0.15, -0.1) is 0 Å². The molecule has 0 radical (unpaired) electrons. The highest BCUT2D eigenvalue weighted by atomic mass is 16.5. The number of carboxylic acids is 1. The summed E-state index contributed by atoms with van der Waals surface area (Å²) in [7, 11) is 3.15. The molecule has 0 saturated carbocycles. The molecule has 2 N–H and O–H groups in total. The first kappa shape index (κ1) is 17.5. The van der Waals surface area contributed by atoms with Crippen LogP contribution in [0.5, 0.6) is 11.5 Å². The molecule has 7 heteroatoms. The summed E-state index contributed by atoms with van der Waals surface area (Å²) in [5.74, 6) is -1.23. The molecule has 1 aromatic carbocycles. The van der Waals surface area contributed by atoms with Gasteiger partial charge in [-0.1, -0.05) is 6.07 Å². The fraction of sp³-hybridized carbons (Fsp3) is 0.556. The monoisotopic (exact) mass is 349 g/mol. The molecule has 4 atom stereocenters. The second-order valence-electron chi connectivity index (χ2n) is 6.41. The van der Waals surface area contributed by atoms with Crippen molar-refractivity contribution in [2.24, 2.45) is 11.8 Å². The van der Waals surface area contributed by atoms with E-state index in [9.17, 15) is 14.7 Å². The van der Waals surface area contributed by atoms with Gasteiger partial charge in [0, 0.05) is 6.54 Å². The minimum absolute atomic E-state index is 0.236. The Balaban J connectivity index is 1.57. The van der Waals surface area contributed by atoms with Crippen LogP contribution in [-0.4, -0.2) is 50.0 Å². The Morgan fingerprint density at radius 1 is 1.16 bits per heavy atom. The first-order valence-electron chi connectivity index (χ1n) is 8.42. The van der Waals surface area contributed by atoms with E-state index in [0.29, 0.717) is 24.5 Å². The summed E-state index contributed by atoms with van der Waals surface area (Å²) in [4.78, 5) is 23.9. The van der Waals surface area contributed by atoms with Gasteiger partial charge in [0.05, 0.1) is 38.3 Å². The van der Waals surface area contributed by atoms with Crippen LogP contribution in [0.4, 0.5) is 0 Å². The van der Waals surface area contributed by atoms with Crippen molar-refractivity contribution in [3.8, 4) is 11.5 Å². The number of aliphatic carboxylic acids is 1. The highest BCUT2D eigenvalue weighted by Gasteiger charge is 2.55. The van der Waals surface area contributed by atoms with E-state index in [1.165, 1.54) is 0 Å². The molecule has 136 valence electrons. The molecule has 2 heterocycles. The Morgan fingerprint density at radius 3 is 2.48 bits per heavy atom. The summed E-state index contributed by atoms with van der Waals surface area (Å²) in [6, 6.07) is 5.60. The first-order valence-corrected chi connectivity index (χ1v) is 8.42. The van der Waals surface area contributed by atoms with E-state index in [4.69, 9.17) is 14.2 Å². The van der Waals surface area contributed by atoms with Gasteiger partial charge in [0.2, 0.25) is 5.91 Å². The highest BCUT2D eigenvalue weighted by Crippen LogP contribution is 2.43. The van der Waals surface area contributed by atoms with Gasteiger partial charge in [-0.3, -0.25) is 9.59 Å². The second-order valence-corrected chi connectivity index (χ2v) is 6.41. The number of fused-ring (bicyclic) bond motifs is 2. The number of amides is 1. The molecule has 7 nitrogen and oxygen atoms in total. The van der Waals surface area contributed by atoms with E-state index in [1.807, 2.05) is 18.2 Å². The molecule has 2 aliphatic heterocycles. The average molecular weight is 349 g/mol. The van der Waals surface area contributed by atoms with Gasteiger partial charge in [-0.25, -0.2) is 0 Å². The number of ether oxygens (including phenoxy) is 3. The molecule has 0 unspecified atom stereocenters. The third-order valence-electron chi connectivity index (χ3n) is 5.02. The van der Waals surface area contributed by atoms with Crippen LogP contribution in [0, 0.1) is 11.8 Å². The Bertz CT molecular complexity index is 661. The van der Waals surface area contributed by atoms with E-state index < -0.39 is 17.8 Å². The van der Waals surface area contributed by atoms with Crippen molar-refractivity contribution in [1.82, 2.24) is 5.32 Å². The summed E-state index contributed by atoms with van der Waals surface area (Å²) in [5.41, 5.74) is 0.997. The molecule has 25 heavy (non-hydrogen) atoms.